The Labute approximate surface area is 182 Å². The van der Waals surface area contributed by atoms with Crippen molar-refractivity contribution in [3.63, 3.8) is 0 Å². The summed E-state index contributed by atoms with van der Waals surface area (Å²) in [6.07, 6.45) is 2.14. The van der Waals surface area contributed by atoms with Crippen molar-refractivity contribution in [3.05, 3.63) is 47.5 Å². The van der Waals surface area contributed by atoms with Crippen molar-refractivity contribution in [3.8, 4) is 5.75 Å². The number of hydrogen-bond donors (Lipinski definition) is 2. The number of hydrogen-bond acceptors (Lipinski definition) is 6. The summed E-state index contributed by atoms with van der Waals surface area (Å²) in [4.78, 5) is 13.0. The first kappa shape index (κ1) is 20.6. The van der Waals surface area contributed by atoms with Crippen molar-refractivity contribution >= 4 is 57.1 Å². The summed E-state index contributed by atoms with van der Waals surface area (Å²) < 4.78 is 24.9. The van der Waals surface area contributed by atoms with E-state index in [2.05, 4.69) is 20.3 Å². The van der Waals surface area contributed by atoms with Crippen LogP contribution in [0.15, 0.2) is 41.7 Å². The van der Waals surface area contributed by atoms with Crippen LogP contribution in [0.4, 0.5) is 21.6 Å². The second-order valence-electron chi connectivity index (χ2n) is 6.65. The summed E-state index contributed by atoms with van der Waals surface area (Å²) in [5.41, 5.74) is 7.58. The summed E-state index contributed by atoms with van der Waals surface area (Å²) in [7, 11) is 0. The Morgan fingerprint density at radius 2 is 2.20 bits per heavy atom. The van der Waals surface area contributed by atoms with Gasteiger partial charge in [0.05, 0.1) is 29.6 Å². The number of fused-ring (bicyclic) bond motifs is 1. The quantitative estimate of drug-likeness (QED) is 0.325. The molecule has 1 aromatic heterocycles. The Morgan fingerprint density at radius 1 is 1.33 bits per heavy atom. The van der Waals surface area contributed by atoms with Crippen LogP contribution in [0, 0.1) is 5.82 Å². The van der Waals surface area contributed by atoms with E-state index >= 15 is 0 Å². The molecule has 3 N–H and O–H groups in total. The molecule has 1 aliphatic rings. The van der Waals surface area contributed by atoms with E-state index in [4.69, 9.17) is 38.4 Å². The molecule has 1 unspecified atom stereocenters. The first-order valence-electron chi connectivity index (χ1n) is 9.17. The van der Waals surface area contributed by atoms with Crippen molar-refractivity contribution in [2.45, 2.75) is 12.5 Å². The molecule has 156 valence electrons. The van der Waals surface area contributed by atoms with Gasteiger partial charge in [0, 0.05) is 23.6 Å². The molecule has 7 nitrogen and oxygen atoms in total. The third kappa shape index (κ3) is 4.56. The molecule has 0 radical (unpaired) electrons. The van der Waals surface area contributed by atoms with Gasteiger partial charge in [-0.15, -0.1) is 11.6 Å². The molecule has 0 saturated carbocycles. The second-order valence-corrected chi connectivity index (χ2v) is 7.33. The molecule has 4 rings (SSSR count). The van der Waals surface area contributed by atoms with E-state index in [9.17, 15) is 4.39 Å². The fraction of sp³-hybridized carbons (Fsp3) is 0.250. The number of nitrogens with one attached hydrogen (secondary N) is 1. The van der Waals surface area contributed by atoms with Crippen molar-refractivity contribution < 1.29 is 13.9 Å². The molecule has 2 aromatic carbocycles. The van der Waals surface area contributed by atoms with Gasteiger partial charge in [-0.1, -0.05) is 11.6 Å². The van der Waals surface area contributed by atoms with Gasteiger partial charge in [0.25, 0.3) is 0 Å². The minimum Gasteiger partial charge on any atom is -0.486 e. The van der Waals surface area contributed by atoms with Gasteiger partial charge in [-0.05, 0) is 24.3 Å². The van der Waals surface area contributed by atoms with Crippen LogP contribution in [0.25, 0.3) is 10.9 Å². The van der Waals surface area contributed by atoms with Gasteiger partial charge >= 0.3 is 0 Å². The number of ether oxygens (including phenoxy) is 2. The Kier molecular flexibility index (Phi) is 6.17. The molecule has 1 aliphatic heterocycles. The highest BCUT2D eigenvalue weighted by molar-refractivity contribution is 6.31. The highest BCUT2D eigenvalue weighted by atomic mass is 35.5. The lowest BCUT2D eigenvalue weighted by Gasteiger charge is -2.16. The van der Waals surface area contributed by atoms with E-state index in [1.807, 2.05) is 0 Å². The average Bonchev–Trinajstić information content (AvgIpc) is 3.24. The van der Waals surface area contributed by atoms with Gasteiger partial charge < -0.3 is 20.5 Å². The Morgan fingerprint density at radius 3 is 2.93 bits per heavy atom. The zero-order valence-electron chi connectivity index (χ0n) is 15.7. The molecule has 1 fully saturated rings. The molecule has 0 amide bonds. The van der Waals surface area contributed by atoms with Gasteiger partial charge in [-0.25, -0.2) is 19.4 Å². The van der Waals surface area contributed by atoms with Crippen LogP contribution in [-0.4, -0.2) is 41.0 Å². The van der Waals surface area contributed by atoms with E-state index in [1.165, 1.54) is 18.5 Å². The molecule has 0 spiro atoms. The molecule has 0 bridgehead atoms. The van der Waals surface area contributed by atoms with Crippen molar-refractivity contribution in [2.75, 3.05) is 24.4 Å². The largest absolute Gasteiger partial charge is 0.486 e. The van der Waals surface area contributed by atoms with Gasteiger partial charge in [-0.3, -0.25) is 0 Å². The molecule has 2 heterocycles. The lowest BCUT2D eigenvalue weighted by Crippen LogP contribution is -2.16. The van der Waals surface area contributed by atoms with Crippen molar-refractivity contribution in [1.29, 1.82) is 0 Å². The summed E-state index contributed by atoms with van der Waals surface area (Å²) in [6, 6.07) is 7.87. The Balaban J connectivity index is 1.76. The van der Waals surface area contributed by atoms with Gasteiger partial charge in [0.1, 0.15) is 41.3 Å². The van der Waals surface area contributed by atoms with Crippen molar-refractivity contribution in [1.82, 2.24) is 9.97 Å². The van der Waals surface area contributed by atoms with Crippen molar-refractivity contribution in [2.24, 2.45) is 10.7 Å². The van der Waals surface area contributed by atoms with Crippen LogP contribution < -0.4 is 15.8 Å². The number of alkyl halides is 1. The van der Waals surface area contributed by atoms with Gasteiger partial charge in [0.2, 0.25) is 0 Å². The molecule has 30 heavy (non-hydrogen) atoms. The highest BCUT2D eigenvalue weighted by Crippen LogP contribution is 2.36. The summed E-state index contributed by atoms with van der Waals surface area (Å²) in [5.74, 6) is 0.856. The molecule has 1 atom stereocenters. The van der Waals surface area contributed by atoms with E-state index in [-0.39, 0.29) is 22.8 Å². The maximum atomic E-state index is 13.5. The van der Waals surface area contributed by atoms with E-state index in [0.717, 1.165) is 6.42 Å². The Bertz CT molecular complexity index is 1110. The summed E-state index contributed by atoms with van der Waals surface area (Å²) in [5, 5.41) is 3.82. The van der Waals surface area contributed by atoms with Crippen LogP contribution in [0.5, 0.6) is 5.75 Å². The minimum absolute atomic E-state index is 0.00741. The predicted octanol–water partition coefficient (Wildman–Crippen LogP) is 4.56. The Hall–Kier alpha value is -2.68. The number of nitrogens with zero attached hydrogens (tertiary/aromatic N) is 3. The number of amidine groups is 1. The number of anilines is 2. The average molecular weight is 450 g/mol. The second kappa shape index (κ2) is 8.99. The zero-order valence-corrected chi connectivity index (χ0v) is 17.3. The molecule has 10 heteroatoms. The number of aromatic nitrogens is 2. The predicted molar refractivity (Wildman–Crippen MR) is 116 cm³/mol. The summed E-state index contributed by atoms with van der Waals surface area (Å²) >= 11 is 11.7. The fourth-order valence-electron chi connectivity index (χ4n) is 3.03. The number of aliphatic imine (C=N–C) groups is 1. The van der Waals surface area contributed by atoms with Gasteiger partial charge in [0.15, 0.2) is 0 Å². The third-order valence-electron chi connectivity index (χ3n) is 4.48. The topological polar surface area (TPSA) is 94.7 Å². The first-order valence-corrected chi connectivity index (χ1v) is 10.1. The molecule has 3 aromatic rings. The normalized spacial score (nSPS) is 16.8. The molecular weight excluding hydrogens is 432 g/mol. The van der Waals surface area contributed by atoms with Crippen LogP contribution in [0.2, 0.25) is 5.02 Å². The number of benzene rings is 2. The maximum Gasteiger partial charge on any atom is 0.147 e. The highest BCUT2D eigenvalue weighted by Gasteiger charge is 2.20. The zero-order chi connectivity index (χ0) is 21.1. The van der Waals surface area contributed by atoms with E-state index < -0.39 is 5.82 Å². The first-order chi connectivity index (χ1) is 14.5. The van der Waals surface area contributed by atoms with E-state index in [1.54, 1.807) is 18.2 Å². The van der Waals surface area contributed by atoms with Crippen LogP contribution in [-0.2, 0) is 4.74 Å². The molecular formula is C20H18Cl2FN5O2. The van der Waals surface area contributed by atoms with Crippen LogP contribution in [0.1, 0.15) is 6.42 Å². The molecule has 1 saturated heterocycles. The fourth-order valence-corrected chi connectivity index (χ4v) is 3.27. The summed E-state index contributed by atoms with van der Waals surface area (Å²) in [6.45, 7) is 1.16. The monoisotopic (exact) mass is 449 g/mol. The number of nitrogens with two attached hydrogens (primary N) is 1. The number of halogens is 3. The lowest BCUT2D eigenvalue weighted by molar-refractivity contribution is 0.142. The maximum absolute atomic E-state index is 13.5. The van der Waals surface area contributed by atoms with Gasteiger partial charge in [-0.2, -0.15) is 0 Å². The lowest BCUT2D eigenvalue weighted by atomic mass is 10.1. The molecule has 0 aliphatic carbocycles. The van der Waals surface area contributed by atoms with Crippen LogP contribution >= 0.6 is 23.2 Å². The van der Waals surface area contributed by atoms with Crippen LogP contribution in [0.3, 0.4) is 0 Å². The number of rotatable bonds is 6. The third-order valence-corrected chi connectivity index (χ3v) is 5.04. The smallest absolute Gasteiger partial charge is 0.147 e. The SMILES string of the molecule is NC(CCl)=Nc1cc2c(Nc3ccc(F)c(Cl)c3)ncnc2cc1OC1CCOC1. The standard InChI is InChI=1S/C20H18Cl2FN5O2/c21-8-19(24)28-17-6-13-16(7-18(17)30-12-3-4-29-9-12)25-10-26-20(13)27-11-1-2-15(23)14(22)5-11/h1-2,5-7,10,12H,3-4,8-9H2,(H2,24,28)(H,25,26,27). The minimum atomic E-state index is -0.499. The van der Waals surface area contributed by atoms with E-state index in [0.29, 0.717) is 47.1 Å².